The summed E-state index contributed by atoms with van der Waals surface area (Å²) in [6, 6.07) is 0. The molecule has 1 aromatic rings. The van der Waals surface area contributed by atoms with Crippen molar-refractivity contribution in [2.45, 2.75) is 6.36 Å². The van der Waals surface area contributed by atoms with Crippen LogP contribution < -0.4 is 16.2 Å². The number of anilines is 2. The summed E-state index contributed by atoms with van der Waals surface area (Å²) in [5, 5.41) is 0. The van der Waals surface area contributed by atoms with Crippen molar-refractivity contribution in [2.75, 3.05) is 11.5 Å². The fourth-order valence-electron chi connectivity index (χ4n) is 0.695. The molecule has 0 atom stereocenters. The number of hydrogen-bond donors (Lipinski definition) is 2. The highest BCUT2D eigenvalue weighted by Crippen LogP contribution is 2.32. The number of aromatic nitrogens is 1. The third-order valence-corrected chi connectivity index (χ3v) is 2.39. The number of pyridine rings is 1. The quantitative estimate of drug-likeness (QED) is 0.774. The minimum absolute atomic E-state index is 0.0210. The first-order valence-corrected chi connectivity index (χ1v) is 4.34. The third-order valence-electron chi connectivity index (χ3n) is 1.28. The molecule has 0 saturated heterocycles. The molecule has 0 aliphatic rings. The van der Waals surface area contributed by atoms with Crippen LogP contribution in [0.2, 0.25) is 0 Å². The molecule has 8 heteroatoms. The zero-order chi connectivity index (χ0) is 10.9. The molecule has 0 fully saturated rings. The summed E-state index contributed by atoms with van der Waals surface area (Å²) >= 11 is 1.60. The van der Waals surface area contributed by atoms with Gasteiger partial charge in [0, 0.05) is 0 Å². The zero-order valence-corrected chi connectivity index (χ0v) is 8.76. The van der Waals surface area contributed by atoms with Crippen molar-refractivity contribution in [1.29, 1.82) is 0 Å². The summed E-state index contributed by atoms with van der Waals surface area (Å²) < 4.78 is 39.2. The fraction of sp³-hybridized carbons (Fsp3) is 0.167. The first-order valence-electron chi connectivity index (χ1n) is 3.26. The van der Waals surface area contributed by atoms with Crippen molar-refractivity contribution in [3.05, 3.63) is 9.77 Å². The Morgan fingerprint density at radius 3 is 2.43 bits per heavy atom. The lowest BCUT2D eigenvalue weighted by Crippen LogP contribution is -2.18. The molecule has 0 amide bonds. The largest absolute Gasteiger partial charge is 0.573 e. The number of nitrogen functional groups attached to an aromatic ring is 2. The lowest BCUT2D eigenvalue weighted by Gasteiger charge is -2.11. The van der Waals surface area contributed by atoms with Gasteiger partial charge in [0.05, 0.1) is 15.5 Å². The normalized spacial score (nSPS) is 11.4. The van der Waals surface area contributed by atoms with Crippen molar-refractivity contribution in [3.63, 3.8) is 0 Å². The molecular weight excluding hydrogens is 314 g/mol. The number of nitrogens with zero attached hydrogens (tertiary/aromatic N) is 1. The minimum atomic E-state index is -4.76. The van der Waals surface area contributed by atoms with Crippen LogP contribution >= 0.6 is 22.6 Å². The Hall–Kier alpha value is -0.930. The Morgan fingerprint density at radius 2 is 1.93 bits per heavy atom. The van der Waals surface area contributed by atoms with Crippen molar-refractivity contribution < 1.29 is 17.9 Å². The molecule has 0 unspecified atom stereocenters. The molecule has 0 bridgehead atoms. The number of alkyl halides is 3. The molecule has 4 N–H and O–H groups in total. The van der Waals surface area contributed by atoms with Crippen LogP contribution in [0.25, 0.3) is 0 Å². The second-order valence-corrected chi connectivity index (χ2v) is 3.36. The van der Waals surface area contributed by atoms with Crippen LogP contribution in [0.3, 0.4) is 0 Å². The van der Waals surface area contributed by atoms with Crippen LogP contribution in [0.5, 0.6) is 5.75 Å². The summed E-state index contributed by atoms with van der Waals surface area (Å²) in [6.07, 6.45) is -3.88. The van der Waals surface area contributed by atoms with E-state index in [0.717, 1.165) is 6.20 Å². The van der Waals surface area contributed by atoms with Crippen LogP contribution in [0.4, 0.5) is 24.7 Å². The van der Waals surface area contributed by atoms with Gasteiger partial charge in [-0.3, -0.25) is 0 Å². The van der Waals surface area contributed by atoms with Gasteiger partial charge in [-0.25, -0.2) is 4.98 Å². The van der Waals surface area contributed by atoms with E-state index >= 15 is 0 Å². The van der Waals surface area contributed by atoms with E-state index in [2.05, 4.69) is 9.72 Å². The summed E-state index contributed by atoms with van der Waals surface area (Å²) in [5.74, 6) is -0.478. The maximum absolute atomic E-state index is 11.8. The van der Waals surface area contributed by atoms with Crippen LogP contribution in [0.1, 0.15) is 0 Å². The smallest absolute Gasteiger partial charge is 0.403 e. The lowest BCUT2D eigenvalue weighted by molar-refractivity contribution is -0.275. The molecule has 0 aromatic carbocycles. The Bertz CT molecular complexity index is 355. The zero-order valence-electron chi connectivity index (χ0n) is 6.60. The average Bonchev–Trinajstić information content (AvgIpc) is 2.04. The standard InChI is InChI=1S/C6H5F3IN3O/c7-6(8,9)14-2-1-13-5(12)4(11)3(2)10/h1H,11H2,(H2,12,13). The molecule has 0 spiro atoms. The SMILES string of the molecule is Nc1ncc(OC(F)(F)F)c(I)c1N. The second kappa shape index (κ2) is 3.67. The summed E-state index contributed by atoms with van der Waals surface area (Å²) in [6.45, 7) is 0. The predicted molar refractivity (Wildman–Crippen MR) is 52.5 cm³/mol. The Kier molecular flexibility index (Phi) is 2.92. The highest BCUT2D eigenvalue weighted by Gasteiger charge is 2.32. The second-order valence-electron chi connectivity index (χ2n) is 2.28. The molecule has 0 aliphatic heterocycles. The van der Waals surface area contributed by atoms with Crippen LogP contribution in [0, 0.1) is 3.57 Å². The molecule has 0 aliphatic carbocycles. The number of hydrogen-bond acceptors (Lipinski definition) is 4. The van der Waals surface area contributed by atoms with Crippen LogP contribution in [0.15, 0.2) is 6.20 Å². The maximum atomic E-state index is 11.8. The number of rotatable bonds is 1. The molecular formula is C6H5F3IN3O. The average molecular weight is 319 g/mol. The van der Waals surface area contributed by atoms with Crippen molar-refractivity contribution in [1.82, 2.24) is 4.98 Å². The van der Waals surface area contributed by atoms with Crippen LogP contribution in [-0.2, 0) is 0 Å². The number of halogens is 4. The first-order chi connectivity index (χ1) is 6.31. The van der Waals surface area contributed by atoms with Gasteiger partial charge >= 0.3 is 6.36 Å². The van der Waals surface area contributed by atoms with Gasteiger partial charge in [0.1, 0.15) is 5.82 Å². The summed E-state index contributed by atoms with van der Waals surface area (Å²) in [5.41, 5.74) is 10.6. The summed E-state index contributed by atoms with van der Waals surface area (Å²) in [7, 11) is 0. The van der Waals surface area contributed by atoms with Gasteiger partial charge in [-0.05, 0) is 22.6 Å². The lowest BCUT2D eigenvalue weighted by atomic mass is 10.4. The van der Waals surface area contributed by atoms with E-state index in [1.165, 1.54) is 0 Å². The molecule has 0 radical (unpaired) electrons. The molecule has 4 nitrogen and oxygen atoms in total. The van der Waals surface area contributed by atoms with Gasteiger partial charge in [-0.2, -0.15) is 0 Å². The predicted octanol–water partition coefficient (Wildman–Crippen LogP) is 1.75. The van der Waals surface area contributed by atoms with Crippen molar-refractivity contribution >= 4 is 34.1 Å². The van der Waals surface area contributed by atoms with Crippen molar-refractivity contribution in [3.8, 4) is 5.75 Å². The van der Waals surface area contributed by atoms with E-state index in [4.69, 9.17) is 11.5 Å². The Balaban J connectivity index is 3.06. The van der Waals surface area contributed by atoms with E-state index < -0.39 is 12.1 Å². The number of nitrogens with two attached hydrogens (primary N) is 2. The highest BCUT2D eigenvalue weighted by molar-refractivity contribution is 14.1. The van der Waals surface area contributed by atoms with Gasteiger partial charge in [0.2, 0.25) is 0 Å². The van der Waals surface area contributed by atoms with Gasteiger partial charge in [-0.1, -0.05) is 0 Å². The molecule has 14 heavy (non-hydrogen) atoms. The molecule has 1 rings (SSSR count). The van der Waals surface area contributed by atoms with E-state index in [9.17, 15) is 13.2 Å². The van der Waals surface area contributed by atoms with E-state index in [-0.39, 0.29) is 15.1 Å². The van der Waals surface area contributed by atoms with Gasteiger partial charge in [0.25, 0.3) is 0 Å². The van der Waals surface area contributed by atoms with E-state index in [1.807, 2.05) is 0 Å². The third kappa shape index (κ3) is 2.53. The molecule has 1 heterocycles. The monoisotopic (exact) mass is 319 g/mol. The highest BCUT2D eigenvalue weighted by atomic mass is 127. The van der Waals surface area contributed by atoms with Crippen molar-refractivity contribution in [2.24, 2.45) is 0 Å². The van der Waals surface area contributed by atoms with E-state index in [1.54, 1.807) is 22.6 Å². The minimum Gasteiger partial charge on any atom is -0.403 e. The number of ether oxygens (including phenoxy) is 1. The van der Waals surface area contributed by atoms with Gasteiger partial charge in [-0.15, -0.1) is 13.2 Å². The topological polar surface area (TPSA) is 74.2 Å². The fourth-order valence-corrected chi connectivity index (χ4v) is 1.22. The molecule has 78 valence electrons. The van der Waals surface area contributed by atoms with E-state index in [0.29, 0.717) is 0 Å². The van der Waals surface area contributed by atoms with Gasteiger partial charge in [0.15, 0.2) is 5.75 Å². The van der Waals surface area contributed by atoms with Gasteiger partial charge < -0.3 is 16.2 Å². The first kappa shape index (κ1) is 11.1. The molecule has 1 aromatic heterocycles. The Labute approximate surface area is 90.6 Å². The Morgan fingerprint density at radius 1 is 1.36 bits per heavy atom. The summed E-state index contributed by atoms with van der Waals surface area (Å²) in [4.78, 5) is 3.45. The van der Waals surface area contributed by atoms with Crippen LogP contribution in [-0.4, -0.2) is 11.3 Å². The molecule has 0 saturated carbocycles. The maximum Gasteiger partial charge on any atom is 0.573 e.